The van der Waals surface area contributed by atoms with E-state index in [9.17, 15) is 9.59 Å². The van der Waals surface area contributed by atoms with Crippen LogP contribution in [0.4, 0.5) is 0 Å². The summed E-state index contributed by atoms with van der Waals surface area (Å²) in [5.41, 5.74) is 0.612. The van der Waals surface area contributed by atoms with Gasteiger partial charge < -0.3 is 10.2 Å². The fraction of sp³-hybridized carbons (Fsp3) is 0.722. The first kappa shape index (κ1) is 17.0. The zero-order chi connectivity index (χ0) is 17.3. The van der Waals surface area contributed by atoms with E-state index < -0.39 is 5.54 Å². The van der Waals surface area contributed by atoms with Crippen LogP contribution in [0.5, 0.6) is 0 Å². The van der Waals surface area contributed by atoms with E-state index in [0.717, 1.165) is 18.5 Å². The number of carbonyl (C=O) groups excluding carboxylic acids is 2. The molecule has 1 atom stereocenters. The normalized spacial score (nSPS) is 25.0. The lowest BCUT2D eigenvalue weighted by molar-refractivity contribution is -0.138. The van der Waals surface area contributed by atoms with Crippen molar-refractivity contribution in [2.45, 2.75) is 70.4 Å². The largest absolute Gasteiger partial charge is 0.351 e. The summed E-state index contributed by atoms with van der Waals surface area (Å²) in [6, 6.07) is 2.04. The van der Waals surface area contributed by atoms with Crippen LogP contribution in [-0.4, -0.2) is 44.6 Å². The second kappa shape index (κ2) is 6.57. The van der Waals surface area contributed by atoms with Crippen LogP contribution in [0, 0.1) is 6.92 Å². The molecule has 24 heavy (non-hydrogen) atoms. The minimum absolute atomic E-state index is 0.0124. The molecule has 1 aromatic heterocycles. The van der Waals surface area contributed by atoms with E-state index in [2.05, 4.69) is 10.4 Å². The average molecular weight is 332 g/mol. The van der Waals surface area contributed by atoms with Gasteiger partial charge in [0.25, 0.3) is 5.91 Å². The predicted molar refractivity (Wildman–Crippen MR) is 91.6 cm³/mol. The fourth-order valence-electron chi connectivity index (χ4n) is 3.69. The first-order valence-corrected chi connectivity index (χ1v) is 9.05. The van der Waals surface area contributed by atoms with Crippen molar-refractivity contribution in [1.29, 1.82) is 0 Å². The van der Waals surface area contributed by atoms with Crippen LogP contribution in [0.15, 0.2) is 6.07 Å². The molecule has 1 aliphatic carbocycles. The summed E-state index contributed by atoms with van der Waals surface area (Å²) in [5, 5.41) is 7.46. The highest BCUT2D eigenvalue weighted by atomic mass is 16.2. The Morgan fingerprint density at radius 1 is 1.25 bits per heavy atom. The fourth-order valence-corrected chi connectivity index (χ4v) is 3.69. The second-order valence-corrected chi connectivity index (χ2v) is 7.44. The van der Waals surface area contributed by atoms with Gasteiger partial charge in [-0.2, -0.15) is 5.10 Å². The maximum atomic E-state index is 12.8. The highest BCUT2D eigenvalue weighted by Crippen LogP contribution is 2.32. The zero-order valence-corrected chi connectivity index (χ0v) is 15.0. The third-order valence-electron chi connectivity index (χ3n) is 5.68. The van der Waals surface area contributed by atoms with Crippen LogP contribution in [0.1, 0.15) is 68.1 Å². The number of aryl methyl sites for hydroxylation is 2. The number of aromatic nitrogens is 2. The van der Waals surface area contributed by atoms with Crippen molar-refractivity contribution in [2.24, 2.45) is 7.05 Å². The Morgan fingerprint density at radius 2 is 1.92 bits per heavy atom. The first-order valence-electron chi connectivity index (χ1n) is 9.05. The van der Waals surface area contributed by atoms with Crippen molar-refractivity contribution < 1.29 is 9.59 Å². The van der Waals surface area contributed by atoms with Crippen molar-refractivity contribution in [1.82, 2.24) is 20.0 Å². The highest BCUT2D eigenvalue weighted by Gasteiger charge is 2.50. The van der Waals surface area contributed by atoms with E-state index in [1.165, 1.54) is 25.7 Å². The Balaban J connectivity index is 1.67. The van der Waals surface area contributed by atoms with Gasteiger partial charge in [-0.25, -0.2) is 0 Å². The molecule has 0 radical (unpaired) electrons. The van der Waals surface area contributed by atoms with Gasteiger partial charge in [0.15, 0.2) is 5.69 Å². The Morgan fingerprint density at radius 3 is 2.42 bits per heavy atom. The maximum absolute atomic E-state index is 12.8. The van der Waals surface area contributed by atoms with Gasteiger partial charge in [0, 0.05) is 25.3 Å². The molecule has 132 valence electrons. The number of hydrogen-bond donors (Lipinski definition) is 1. The standard InChI is InChI=1S/C18H28N4O2/c1-13-12-15(20-21(13)3)16(23)22-11-10-18(22,2)17(24)19-14-8-6-4-5-7-9-14/h12,14H,4-11H2,1-3H3,(H,19,24). The van der Waals surface area contributed by atoms with Crippen LogP contribution < -0.4 is 5.32 Å². The summed E-state index contributed by atoms with van der Waals surface area (Å²) in [4.78, 5) is 27.2. The summed E-state index contributed by atoms with van der Waals surface area (Å²) in [5.74, 6) is -0.162. The van der Waals surface area contributed by atoms with Crippen LogP contribution in [0.2, 0.25) is 0 Å². The lowest BCUT2D eigenvalue weighted by Gasteiger charge is -2.49. The number of rotatable bonds is 3. The van der Waals surface area contributed by atoms with E-state index in [0.29, 0.717) is 18.7 Å². The SMILES string of the molecule is Cc1cc(C(=O)N2CCC2(C)C(=O)NC2CCCCCC2)nn1C. The third kappa shape index (κ3) is 3.06. The van der Waals surface area contributed by atoms with Gasteiger partial charge in [0.1, 0.15) is 5.54 Å². The molecule has 1 unspecified atom stereocenters. The third-order valence-corrected chi connectivity index (χ3v) is 5.68. The molecular weight excluding hydrogens is 304 g/mol. The van der Waals surface area contributed by atoms with Gasteiger partial charge in [-0.15, -0.1) is 0 Å². The van der Waals surface area contributed by atoms with Gasteiger partial charge in [0.2, 0.25) is 5.91 Å². The van der Waals surface area contributed by atoms with E-state index in [-0.39, 0.29) is 17.9 Å². The summed E-state index contributed by atoms with van der Waals surface area (Å²) in [7, 11) is 1.82. The molecule has 1 saturated heterocycles. The first-order chi connectivity index (χ1) is 11.4. The van der Waals surface area contributed by atoms with Crippen molar-refractivity contribution in [3.8, 4) is 0 Å². The molecule has 1 N–H and O–H groups in total. The molecule has 1 aromatic rings. The number of hydrogen-bond acceptors (Lipinski definition) is 3. The molecule has 6 nitrogen and oxygen atoms in total. The predicted octanol–water partition coefficient (Wildman–Crippen LogP) is 2.17. The highest BCUT2D eigenvalue weighted by molar-refractivity contribution is 5.99. The minimum Gasteiger partial charge on any atom is -0.351 e. The number of nitrogens with one attached hydrogen (secondary N) is 1. The molecule has 2 heterocycles. The van der Waals surface area contributed by atoms with E-state index in [4.69, 9.17) is 0 Å². The smallest absolute Gasteiger partial charge is 0.275 e. The molecule has 2 aliphatic rings. The Bertz CT molecular complexity index is 611. The van der Waals surface area contributed by atoms with E-state index >= 15 is 0 Å². The number of carbonyl (C=O) groups is 2. The van der Waals surface area contributed by atoms with E-state index in [1.807, 2.05) is 20.9 Å². The lowest BCUT2D eigenvalue weighted by Crippen LogP contribution is -2.68. The Labute approximate surface area is 143 Å². The van der Waals surface area contributed by atoms with Gasteiger partial charge in [-0.3, -0.25) is 14.3 Å². The molecule has 0 bridgehead atoms. The topological polar surface area (TPSA) is 67.2 Å². The van der Waals surface area contributed by atoms with Gasteiger partial charge in [0.05, 0.1) is 0 Å². The molecule has 6 heteroatoms. The summed E-state index contributed by atoms with van der Waals surface area (Å²) >= 11 is 0. The Hall–Kier alpha value is -1.85. The Kier molecular flexibility index (Phi) is 4.65. The van der Waals surface area contributed by atoms with Crippen LogP contribution >= 0.6 is 0 Å². The van der Waals surface area contributed by atoms with Gasteiger partial charge in [-0.05, 0) is 39.2 Å². The van der Waals surface area contributed by atoms with Crippen molar-refractivity contribution in [2.75, 3.05) is 6.54 Å². The molecule has 2 fully saturated rings. The minimum atomic E-state index is -0.741. The molecule has 1 aliphatic heterocycles. The van der Waals surface area contributed by atoms with Crippen molar-refractivity contribution in [3.63, 3.8) is 0 Å². The van der Waals surface area contributed by atoms with Gasteiger partial charge >= 0.3 is 0 Å². The molecule has 3 rings (SSSR count). The zero-order valence-electron chi connectivity index (χ0n) is 15.0. The van der Waals surface area contributed by atoms with Crippen LogP contribution in [0.25, 0.3) is 0 Å². The molecular formula is C18H28N4O2. The lowest BCUT2D eigenvalue weighted by atomic mass is 9.84. The van der Waals surface area contributed by atoms with Crippen LogP contribution in [-0.2, 0) is 11.8 Å². The molecule has 1 saturated carbocycles. The summed E-state index contributed by atoms with van der Waals surface area (Å²) in [6.45, 7) is 4.40. The second-order valence-electron chi connectivity index (χ2n) is 7.44. The maximum Gasteiger partial charge on any atom is 0.275 e. The molecule has 2 amide bonds. The van der Waals surface area contributed by atoms with Crippen molar-refractivity contribution in [3.05, 3.63) is 17.5 Å². The number of amides is 2. The van der Waals surface area contributed by atoms with Gasteiger partial charge in [-0.1, -0.05) is 25.7 Å². The average Bonchev–Trinajstić information content (AvgIpc) is 2.74. The molecule has 0 aromatic carbocycles. The van der Waals surface area contributed by atoms with Crippen LogP contribution in [0.3, 0.4) is 0 Å². The number of likely N-dealkylation sites (tertiary alicyclic amines) is 1. The summed E-state index contributed by atoms with van der Waals surface area (Å²) < 4.78 is 1.69. The quantitative estimate of drug-likeness (QED) is 0.863. The van der Waals surface area contributed by atoms with E-state index in [1.54, 1.807) is 15.6 Å². The monoisotopic (exact) mass is 332 g/mol. The molecule has 0 spiro atoms. The number of nitrogens with zero attached hydrogens (tertiary/aromatic N) is 3. The summed E-state index contributed by atoms with van der Waals surface area (Å²) in [6.07, 6.45) is 7.68. The van der Waals surface area contributed by atoms with Crippen molar-refractivity contribution >= 4 is 11.8 Å².